The van der Waals surface area contributed by atoms with Crippen molar-refractivity contribution in [3.63, 3.8) is 0 Å². The van der Waals surface area contributed by atoms with Gasteiger partial charge < -0.3 is 5.32 Å². The minimum absolute atomic E-state index is 0.0252. The van der Waals surface area contributed by atoms with Crippen molar-refractivity contribution in [1.29, 1.82) is 0 Å². The van der Waals surface area contributed by atoms with Gasteiger partial charge in [0.15, 0.2) is 5.13 Å². The van der Waals surface area contributed by atoms with Crippen molar-refractivity contribution in [1.82, 2.24) is 9.97 Å². The highest BCUT2D eigenvalue weighted by atomic mass is 32.2. The van der Waals surface area contributed by atoms with Crippen LogP contribution in [0.3, 0.4) is 0 Å². The highest BCUT2D eigenvalue weighted by molar-refractivity contribution is 8.00. The molecule has 9 heteroatoms. The van der Waals surface area contributed by atoms with Crippen LogP contribution in [0.4, 0.5) is 18.3 Å². The quantitative estimate of drug-likeness (QED) is 0.471. The number of thiazole rings is 1. The summed E-state index contributed by atoms with van der Waals surface area (Å²) in [4.78, 5) is 21.0. The van der Waals surface area contributed by atoms with Crippen molar-refractivity contribution in [2.75, 3.05) is 5.32 Å². The minimum atomic E-state index is -4.39. The Morgan fingerprint density at radius 1 is 1.19 bits per heavy atom. The van der Waals surface area contributed by atoms with Gasteiger partial charge in [-0.2, -0.15) is 13.2 Å². The first-order valence-electron chi connectivity index (χ1n) is 7.40. The fraction of sp³-hybridized carbons (Fsp3) is 0.118. The van der Waals surface area contributed by atoms with E-state index in [1.807, 2.05) is 12.1 Å². The second-order valence-electron chi connectivity index (χ2n) is 5.15. The van der Waals surface area contributed by atoms with Gasteiger partial charge in [-0.05, 0) is 35.5 Å². The molecule has 4 nitrogen and oxygen atoms in total. The van der Waals surface area contributed by atoms with Crippen LogP contribution in [-0.4, -0.2) is 21.3 Å². The van der Waals surface area contributed by atoms with Crippen molar-refractivity contribution in [2.24, 2.45) is 0 Å². The molecule has 0 amide bonds. The molecule has 0 saturated carbocycles. The molecule has 0 aliphatic carbocycles. The van der Waals surface area contributed by atoms with Gasteiger partial charge in [0.2, 0.25) is 5.78 Å². The van der Waals surface area contributed by atoms with Gasteiger partial charge in [0, 0.05) is 29.4 Å². The van der Waals surface area contributed by atoms with Crippen LogP contribution >= 0.6 is 23.1 Å². The predicted octanol–water partition coefficient (Wildman–Crippen LogP) is 4.99. The number of carbonyl (C=O) groups excluding carboxylic acids is 1. The van der Waals surface area contributed by atoms with Crippen LogP contribution in [0.1, 0.15) is 20.8 Å². The van der Waals surface area contributed by atoms with Crippen LogP contribution in [0.2, 0.25) is 0 Å². The average Bonchev–Trinajstić information content (AvgIpc) is 3.08. The summed E-state index contributed by atoms with van der Waals surface area (Å²) in [6.45, 7) is 0.507. The Kier molecular flexibility index (Phi) is 5.58. The van der Waals surface area contributed by atoms with E-state index >= 15 is 0 Å². The molecule has 2 aromatic heterocycles. The van der Waals surface area contributed by atoms with Gasteiger partial charge in [-0.1, -0.05) is 29.5 Å². The van der Waals surface area contributed by atoms with Crippen LogP contribution in [0.5, 0.6) is 0 Å². The number of nitrogens with zero attached hydrogens (tertiary/aromatic N) is 2. The molecule has 0 aliphatic heterocycles. The molecule has 0 bridgehead atoms. The lowest BCUT2D eigenvalue weighted by atomic mass is 10.1. The van der Waals surface area contributed by atoms with Gasteiger partial charge in [-0.3, -0.25) is 9.78 Å². The summed E-state index contributed by atoms with van der Waals surface area (Å²) in [5.74, 6) is -0.360. The van der Waals surface area contributed by atoms with E-state index in [0.29, 0.717) is 16.6 Å². The van der Waals surface area contributed by atoms with Gasteiger partial charge >= 0.3 is 5.51 Å². The first kappa shape index (κ1) is 18.4. The van der Waals surface area contributed by atoms with Crippen molar-refractivity contribution < 1.29 is 18.0 Å². The number of hydrogen-bond donors (Lipinski definition) is 1. The SMILES string of the molecule is O=C(c1cccc(SC(F)(F)F)c1)c1cnc(NCc2cccnc2)s1. The molecule has 1 N–H and O–H groups in total. The Bertz CT molecular complexity index is 898. The molecule has 1 aromatic carbocycles. The van der Waals surface area contributed by atoms with Gasteiger partial charge in [0.1, 0.15) is 0 Å². The molecule has 3 aromatic rings. The van der Waals surface area contributed by atoms with Crippen molar-refractivity contribution in [2.45, 2.75) is 16.9 Å². The molecule has 2 heterocycles. The van der Waals surface area contributed by atoms with E-state index in [4.69, 9.17) is 0 Å². The fourth-order valence-corrected chi connectivity index (χ4v) is 3.49. The van der Waals surface area contributed by atoms with Crippen molar-refractivity contribution in [3.8, 4) is 0 Å². The first-order chi connectivity index (χ1) is 12.4. The van der Waals surface area contributed by atoms with Crippen molar-refractivity contribution in [3.05, 3.63) is 71.0 Å². The van der Waals surface area contributed by atoms with E-state index in [0.717, 1.165) is 16.9 Å². The number of nitrogens with one attached hydrogen (secondary N) is 1. The van der Waals surface area contributed by atoms with Crippen molar-refractivity contribution >= 4 is 34.0 Å². The highest BCUT2D eigenvalue weighted by Crippen LogP contribution is 2.37. The van der Waals surface area contributed by atoms with Gasteiger partial charge in [-0.15, -0.1) is 0 Å². The summed E-state index contributed by atoms with van der Waals surface area (Å²) in [5, 5.41) is 3.65. The smallest absolute Gasteiger partial charge is 0.357 e. The number of halogens is 3. The lowest BCUT2D eigenvalue weighted by Gasteiger charge is -2.06. The molecule has 134 valence electrons. The Morgan fingerprint density at radius 2 is 2.04 bits per heavy atom. The topological polar surface area (TPSA) is 54.9 Å². The average molecular weight is 395 g/mol. The molecule has 0 atom stereocenters. The Labute approximate surface area is 155 Å². The maximum absolute atomic E-state index is 12.5. The highest BCUT2D eigenvalue weighted by Gasteiger charge is 2.29. The zero-order valence-corrected chi connectivity index (χ0v) is 14.8. The van der Waals surface area contributed by atoms with Crippen LogP contribution in [0.15, 0.2) is 59.9 Å². The molecule has 0 spiro atoms. The van der Waals surface area contributed by atoms with Gasteiger partial charge in [0.25, 0.3) is 0 Å². The van der Waals surface area contributed by atoms with E-state index in [1.165, 1.54) is 30.5 Å². The summed E-state index contributed by atoms with van der Waals surface area (Å²) >= 11 is 0.909. The first-order valence-corrected chi connectivity index (χ1v) is 9.03. The number of aromatic nitrogens is 2. The molecule has 3 rings (SSSR count). The molecule has 0 unspecified atom stereocenters. The van der Waals surface area contributed by atoms with Crippen LogP contribution in [0, 0.1) is 0 Å². The number of carbonyl (C=O) groups is 1. The third-order valence-corrected chi connectivity index (χ3v) is 4.90. The lowest BCUT2D eigenvalue weighted by molar-refractivity contribution is -0.0328. The number of pyridine rings is 1. The largest absolute Gasteiger partial charge is 0.446 e. The minimum Gasteiger partial charge on any atom is -0.357 e. The predicted molar refractivity (Wildman–Crippen MR) is 95.5 cm³/mol. The normalized spacial score (nSPS) is 11.3. The molecule has 0 radical (unpaired) electrons. The molecular weight excluding hydrogens is 383 g/mol. The number of rotatable bonds is 6. The Balaban J connectivity index is 1.69. The number of anilines is 1. The summed E-state index contributed by atoms with van der Waals surface area (Å²) in [5.41, 5.74) is -3.23. The number of thioether (sulfide) groups is 1. The maximum atomic E-state index is 12.5. The third-order valence-electron chi connectivity index (χ3n) is 3.23. The van der Waals surface area contributed by atoms with Crippen LogP contribution in [0.25, 0.3) is 0 Å². The molecule has 26 heavy (non-hydrogen) atoms. The summed E-state index contributed by atoms with van der Waals surface area (Å²) in [6, 6.07) is 9.21. The molecule has 0 aliphatic rings. The molecule has 0 fully saturated rings. The molecular formula is C17H12F3N3OS2. The second kappa shape index (κ2) is 7.88. The third kappa shape index (κ3) is 5.06. The Morgan fingerprint density at radius 3 is 2.77 bits per heavy atom. The van der Waals surface area contributed by atoms with E-state index in [2.05, 4.69) is 15.3 Å². The fourth-order valence-electron chi connectivity index (χ4n) is 2.12. The summed E-state index contributed by atoms with van der Waals surface area (Å²) in [7, 11) is 0. The van der Waals surface area contributed by atoms with Gasteiger partial charge in [-0.25, -0.2) is 4.98 Å². The van der Waals surface area contributed by atoms with E-state index in [-0.39, 0.29) is 28.0 Å². The lowest BCUT2D eigenvalue weighted by Crippen LogP contribution is -2.01. The number of benzene rings is 1. The van der Waals surface area contributed by atoms with Crippen LogP contribution < -0.4 is 5.32 Å². The van der Waals surface area contributed by atoms with E-state index in [9.17, 15) is 18.0 Å². The van der Waals surface area contributed by atoms with Crippen LogP contribution in [-0.2, 0) is 6.54 Å². The monoisotopic (exact) mass is 395 g/mol. The van der Waals surface area contributed by atoms with Gasteiger partial charge in [0.05, 0.1) is 11.1 Å². The van der Waals surface area contributed by atoms with E-state index in [1.54, 1.807) is 12.4 Å². The summed E-state index contributed by atoms with van der Waals surface area (Å²) < 4.78 is 37.4. The number of hydrogen-bond acceptors (Lipinski definition) is 6. The molecule has 0 saturated heterocycles. The maximum Gasteiger partial charge on any atom is 0.446 e. The number of ketones is 1. The zero-order valence-electron chi connectivity index (χ0n) is 13.2. The second-order valence-corrected chi connectivity index (χ2v) is 7.32. The standard InChI is InChI=1S/C17H12F3N3OS2/c18-17(19,20)26-13-5-1-4-12(7-13)15(24)14-10-23-16(25-14)22-9-11-3-2-6-21-8-11/h1-8,10H,9H2,(H,22,23). The summed E-state index contributed by atoms with van der Waals surface area (Å²) in [6.07, 6.45) is 4.81. The van der Waals surface area contributed by atoms with E-state index < -0.39 is 5.51 Å². The number of alkyl halides is 3. The Hall–Kier alpha value is -2.39. The zero-order chi connectivity index (χ0) is 18.6.